The summed E-state index contributed by atoms with van der Waals surface area (Å²) in [6.07, 6.45) is -0.756. The standard InChI is InChI=1S/C10H10O3/c1-8(13-10(11)12-2)9-6-4-3-5-7-9/h3-7H,1H2,2H3. The van der Waals surface area contributed by atoms with E-state index in [-0.39, 0.29) is 5.76 Å². The zero-order valence-corrected chi connectivity index (χ0v) is 7.32. The van der Waals surface area contributed by atoms with Crippen molar-refractivity contribution >= 4 is 11.9 Å². The molecule has 1 aromatic carbocycles. The summed E-state index contributed by atoms with van der Waals surface area (Å²) in [5.74, 6) is 0.285. The van der Waals surface area contributed by atoms with Crippen molar-refractivity contribution in [2.75, 3.05) is 7.11 Å². The molecule has 0 heterocycles. The lowest BCUT2D eigenvalue weighted by atomic mass is 10.2. The number of rotatable bonds is 2. The van der Waals surface area contributed by atoms with E-state index >= 15 is 0 Å². The fraction of sp³-hybridized carbons (Fsp3) is 0.100. The number of hydrogen-bond acceptors (Lipinski definition) is 3. The third-order valence-electron chi connectivity index (χ3n) is 1.47. The molecule has 0 bridgehead atoms. The second kappa shape index (κ2) is 4.30. The van der Waals surface area contributed by atoms with Gasteiger partial charge in [-0.05, 0) is 0 Å². The van der Waals surface area contributed by atoms with E-state index in [1.54, 1.807) is 12.1 Å². The summed E-state index contributed by atoms with van der Waals surface area (Å²) in [7, 11) is 1.25. The molecular formula is C10H10O3. The first-order valence-corrected chi connectivity index (χ1v) is 3.74. The second-order valence-electron chi connectivity index (χ2n) is 2.35. The SMILES string of the molecule is C=C(OC(=O)OC)c1ccccc1. The van der Waals surface area contributed by atoms with Crippen molar-refractivity contribution in [1.82, 2.24) is 0 Å². The van der Waals surface area contributed by atoms with Crippen molar-refractivity contribution in [2.45, 2.75) is 0 Å². The molecule has 0 aromatic heterocycles. The van der Waals surface area contributed by atoms with E-state index in [0.717, 1.165) is 5.56 Å². The summed E-state index contributed by atoms with van der Waals surface area (Å²) < 4.78 is 9.05. The molecule has 0 fully saturated rings. The molecule has 1 aromatic rings. The van der Waals surface area contributed by atoms with Gasteiger partial charge in [-0.1, -0.05) is 36.9 Å². The Labute approximate surface area is 76.6 Å². The Balaban J connectivity index is 2.65. The monoisotopic (exact) mass is 178 g/mol. The van der Waals surface area contributed by atoms with Crippen LogP contribution in [0.3, 0.4) is 0 Å². The van der Waals surface area contributed by atoms with E-state index in [2.05, 4.69) is 11.3 Å². The summed E-state index contributed by atoms with van der Waals surface area (Å²) >= 11 is 0. The molecule has 1 rings (SSSR count). The molecule has 3 nitrogen and oxygen atoms in total. The maximum absolute atomic E-state index is 10.7. The molecule has 0 saturated carbocycles. The van der Waals surface area contributed by atoms with Crippen molar-refractivity contribution in [3.05, 3.63) is 42.5 Å². The minimum absolute atomic E-state index is 0.285. The predicted molar refractivity (Wildman–Crippen MR) is 49.0 cm³/mol. The van der Waals surface area contributed by atoms with Gasteiger partial charge < -0.3 is 9.47 Å². The summed E-state index contributed by atoms with van der Waals surface area (Å²) in [6.45, 7) is 3.59. The zero-order valence-electron chi connectivity index (χ0n) is 7.32. The van der Waals surface area contributed by atoms with Gasteiger partial charge in [0.25, 0.3) is 0 Å². The minimum atomic E-state index is -0.756. The van der Waals surface area contributed by atoms with Crippen LogP contribution in [0.15, 0.2) is 36.9 Å². The van der Waals surface area contributed by atoms with Crippen molar-refractivity contribution in [3.8, 4) is 0 Å². The van der Waals surface area contributed by atoms with Crippen LogP contribution in [0.1, 0.15) is 5.56 Å². The van der Waals surface area contributed by atoms with Gasteiger partial charge in [0.1, 0.15) is 5.76 Å². The molecule has 0 aliphatic carbocycles. The topological polar surface area (TPSA) is 35.5 Å². The summed E-state index contributed by atoms with van der Waals surface area (Å²) in [4.78, 5) is 10.7. The average molecular weight is 178 g/mol. The third-order valence-corrected chi connectivity index (χ3v) is 1.47. The van der Waals surface area contributed by atoms with Crippen LogP contribution in [0.2, 0.25) is 0 Å². The van der Waals surface area contributed by atoms with Crippen LogP contribution in [-0.2, 0) is 9.47 Å². The molecule has 3 heteroatoms. The van der Waals surface area contributed by atoms with Crippen LogP contribution >= 0.6 is 0 Å². The Morgan fingerprint density at radius 1 is 1.31 bits per heavy atom. The normalized spacial score (nSPS) is 9.00. The molecule has 0 atom stereocenters. The van der Waals surface area contributed by atoms with Crippen molar-refractivity contribution in [2.24, 2.45) is 0 Å². The van der Waals surface area contributed by atoms with E-state index in [1.807, 2.05) is 18.2 Å². The zero-order chi connectivity index (χ0) is 9.68. The Morgan fingerprint density at radius 2 is 1.92 bits per heavy atom. The number of carbonyl (C=O) groups excluding carboxylic acids is 1. The molecule has 0 aliphatic heterocycles. The Kier molecular flexibility index (Phi) is 3.09. The van der Waals surface area contributed by atoms with Crippen molar-refractivity contribution in [1.29, 1.82) is 0 Å². The van der Waals surface area contributed by atoms with Gasteiger partial charge in [-0.25, -0.2) is 4.79 Å². The van der Waals surface area contributed by atoms with Gasteiger partial charge in [0.2, 0.25) is 0 Å². The first-order valence-electron chi connectivity index (χ1n) is 3.74. The molecule has 68 valence electrons. The predicted octanol–water partition coefficient (Wildman–Crippen LogP) is 2.44. The number of hydrogen-bond donors (Lipinski definition) is 0. The van der Waals surface area contributed by atoms with E-state index in [1.165, 1.54) is 7.11 Å². The van der Waals surface area contributed by atoms with Crippen LogP contribution in [-0.4, -0.2) is 13.3 Å². The highest BCUT2D eigenvalue weighted by Crippen LogP contribution is 2.13. The number of benzene rings is 1. The van der Waals surface area contributed by atoms with Crippen LogP contribution in [0.5, 0.6) is 0 Å². The molecule has 0 spiro atoms. The van der Waals surface area contributed by atoms with Gasteiger partial charge in [-0.15, -0.1) is 0 Å². The second-order valence-corrected chi connectivity index (χ2v) is 2.35. The smallest absolute Gasteiger partial charge is 0.437 e. The number of carbonyl (C=O) groups is 1. The fourth-order valence-corrected chi connectivity index (χ4v) is 0.825. The molecule has 0 aliphatic rings. The first-order chi connectivity index (χ1) is 6.24. The molecule has 0 radical (unpaired) electrons. The molecule has 0 unspecified atom stereocenters. The summed E-state index contributed by atoms with van der Waals surface area (Å²) in [6, 6.07) is 9.13. The van der Waals surface area contributed by atoms with E-state index in [4.69, 9.17) is 4.74 Å². The van der Waals surface area contributed by atoms with E-state index < -0.39 is 6.16 Å². The highest BCUT2D eigenvalue weighted by Gasteiger charge is 2.05. The molecule has 0 amide bonds. The van der Waals surface area contributed by atoms with E-state index in [0.29, 0.717) is 0 Å². The van der Waals surface area contributed by atoms with Gasteiger partial charge in [-0.3, -0.25) is 0 Å². The maximum atomic E-state index is 10.7. The van der Waals surface area contributed by atoms with Gasteiger partial charge in [-0.2, -0.15) is 0 Å². The number of methoxy groups -OCH3 is 1. The quantitative estimate of drug-likeness (QED) is 0.515. The molecular weight excluding hydrogens is 168 g/mol. The molecule has 13 heavy (non-hydrogen) atoms. The van der Waals surface area contributed by atoms with Gasteiger partial charge >= 0.3 is 6.16 Å². The summed E-state index contributed by atoms with van der Waals surface area (Å²) in [5, 5.41) is 0. The Hall–Kier alpha value is -1.77. The van der Waals surface area contributed by atoms with E-state index in [9.17, 15) is 4.79 Å². The first kappa shape index (κ1) is 9.32. The van der Waals surface area contributed by atoms with Crippen LogP contribution in [0, 0.1) is 0 Å². The highest BCUT2D eigenvalue weighted by atomic mass is 16.7. The fourth-order valence-electron chi connectivity index (χ4n) is 0.825. The lowest BCUT2D eigenvalue weighted by Crippen LogP contribution is -2.02. The molecule has 0 N–H and O–H groups in total. The maximum Gasteiger partial charge on any atom is 0.513 e. The highest BCUT2D eigenvalue weighted by molar-refractivity contribution is 5.71. The van der Waals surface area contributed by atoms with Crippen molar-refractivity contribution in [3.63, 3.8) is 0 Å². The lowest BCUT2D eigenvalue weighted by molar-refractivity contribution is 0.112. The Bertz CT molecular complexity index is 303. The lowest BCUT2D eigenvalue weighted by Gasteiger charge is -2.04. The molecule has 0 saturated heterocycles. The summed E-state index contributed by atoms with van der Waals surface area (Å²) in [5.41, 5.74) is 0.757. The van der Waals surface area contributed by atoms with Crippen LogP contribution < -0.4 is 0 Å². The largest absolute Gasteiger partial charge is 0.513 e. The third kappa shape index (κ3) is 2.63. The average Bonchev–Trinajstić information content (AvgIpc) is 2.19. The van der Waals surface area contributed by atoms with Crippen LogP contribution in [0.4, 0.5) is 4.79 Å². The Morgan fingerprint density at radius 3 is 2.46 bits per heavy atom. The van der Waals surface area contributed by atoms with Gasteiger partial charge in [0, 0.05) is 5.56 Å². The van der Waals surface area contributed by atoms with Gasteiger partial charge in [0.15, 0.2) is 0 Å². The van der Waals surface area contributed by atoms with Gasteiger partial charge in [0.05, 0.1) is 7.11 Å². The minimum Gasteiger partial charge on any atom is -0.437 e. The van der Waals surface area contributed by atoms with Crippen LogP contribution in [0.25, 0.3) is 5.76 Å². The number of ether oxygens (including phenoxy) is 2. The van der Waals surface area contributed by atoms with Crippen molar-refractivity contribution < 1.29 is 14.3 Å².